The molecule has 1 heterocycles. The topological polar surface area (TPSA) is 41.6 Å². The first-order valence-electron chi connectivity index (χ1n) is 7.41. The summed E-state index contributed by atoms with van der Waals surface area (Å²) in [5.74, 6) is 1.18. The maximum atomic E-state index is 12.6. The molecule has 4 nitrogen and oxygen atoms in total. The number of hydrogen-bond donors (Lipinski definition) is 1. The van der Waals surface area contributed by atoms with Gasteiger partial charge in [-0.15, -0.1) is 0 Å². The maximum absolute atomic E-state index is 12.6. The van der Waals surface area contributed by atoms with E-state index >= 15 is 0 Å². The number of amides is 1. The van der Waals surface area contributed by atoms with E-state index in [2.05, 4.69) is 33.0 Å². The lowest BCUT2D eigenvalue weighted by Crippen LogP contribution is -2.44. The van der Waals surface area contributed by atoms with Crippen LogP contribution in [-0.2, 0) is 9.53 Å². The van der Waals surface area contributed by atoms with Gasteiger partial charge < -0.3 is 9.64 Å². The fourth-order valence-corrected chi connectivity index (χ4v) is 2.74. The van der Waals surface area contributed by atoms with E-state index in [0.717, 1.165) is 19.4 Å². The number of carbonyl (C=O) groups excluding carboxylic acids is 1. The highest BCUT2D eigenvalue weighted by Gasteiger charge is 2.46. The number of carbonyl (C=O) groups is 1. The number of nitrogens with one attached hydrogen (secondary N) is 1. The summed E-state index contributed by atoms with van der Waals surface area (Å²) in [6.45, 7) is 12.1. The predicted molar refractivity (Wildman–Crippen MR) is 77.8 cm³/mol. The summed E-state index contributed by atoms with van der Waals surface area (Å²) >= 11 is 0. The molecule has 0 aromatic carbocycles. The van der Waals surface area contributed by atoms with Gasteiger partial charge in [0.1, 0.15) is 0 Å². The molecule has 0 aliphatic carbocycles. The molecule has 1 fully saturated rings. The van der Waals surface area contributed by atoms with Gasteiger partial charge in [0.2, 0.25) is 5.91 Å². The molecule has 3 unspecified atom stereocenters. The monoisotopic (exact) mass is 270 g/mol. The Kier molecular flexibility index (Phi) is 5.81. The molecule has 1 rings (SSSR count). The second kappa shape index (κ2) is 6.71. The zero-order valence-electron chi connectivity index (χ0n) is 13.3. The standard InChI is InChI=1S/C15H30N2O2/c1-7-15(5)14(18)17(9-12(4)10-19-6)13(16-15)8-11(2)3/h11-13,16H,7-10H2,1-6H3. The van der Waals surface area contributed by atoms with E-state index in [0.29, 0.717) is 18.4 Å². The Bertz CT molecular complexity index is 307. The van der Waals surface area contributed by atoms with Crippen molar-refractivity contribution in [2.75, 3.05) is 20.3 Å². The van der Waals surface area contributed by atoms with Crippen molar-refractivity contribution in [2.24, 2.45) is 11.8 Å². The quantitative estimate of drug-likeness (QED) is 0.771. The van der Waals surface area contributed by atoms with E-state index in [9.17, 15) is 4.79 Å². The van der Waals surface area contributed by atoms with Crippen LogP contribution in [0.5, 0.6) is 0 Å². The molecule has 1 amide bonds. The normalized spacial score (nSPS) is 29.3. The van der Waals surface area contributed by atoms with E-state index in [-0.39, 0.29) is 12.1 Å². The first-order valence-corrected chi connectivity index (χ1v) is 7.41. The van der Waals surface area contributed by atoms with E-state index in [1.165, 1.54) is 0 Å². The summed E-state index contributed by atoms with van der Waals surface area (Å²) in [6.07, 6.45) is 1.99. The zero-order valence-corrected chi connectivity index (χ0v) is 13.3. The summed E-state index contributed by atoms with van der Waals surface area (Å²) < 4.78 is 5.19. The van der Waals surface area contributed by atoms with Gasteiger partial charge in [0.15, 0.2) is 0 Å². The predicted octanol–water partition coefficient (Wildman–Crippen LogP) is 2.24. The molecular weight excluding hydrogens is 240 g/mol. The van der Waals surface area contributed by atoms with Gasteiger partial charge in [-0.3, -0.25) is 10.1 Å². The molecule has 3 atom stereocenters. The van der Waals surface area contributed by atoms with Gasteiger partial charge >= 0.3 is 0 Å². The molecule has 0 aromatic rings. The van der Waals surface area contributed by atoms with E-state index in [4.69, 9.17) is 4.74 Å². The van der Waals surface area contributed by atoms with Crippen LogP contribution in [0.25, 0.3) is 0 Å². The average Bonchev–Trinajstić information content (AvgIpc) is 2.54. The summed E-state index contributed by atoms with van der Waals surface area (Å²) in [4.78, 5) is 14.6. The molecule has 1 aliphatic heterocycles. The molecule has 112 valence electrons. The number of methoxy groups -OCH3 is 1. The zero-order chi connectivity index (χ0) is 14.6. The highest BCUT2D eigenvalue weighted by molar-refractivity contribution is 5.88. The van der Waals surface area contributed by atoms with Crippen LogP contribution in [0.4, 0.5) is 0 Å². The molecule has 4 heteroatoms. The summed E-state index contributed by atoms with van der Waals surface area (Å²) in [5.41, 5.74) is -0.396. The Hall–Kier alpha value is -0.610. The van der Waals surface area contributed by atoms with Crippen LogP contribution in [-0.4, -0.2) is 42.8 Å². The molecule has 0 saturated carbocycles. The van der Waals surface area contributed by atoms with Crippen LogP contribution in [0, 0.1) is 11.8 Å². The van der Waals surface area contributed by atoms with Gasteiger partial charge in [0.05, 0.1) is 18.3 Å². The fourth-order valence-electron chi connectivity index (χ4n) is 2.74. The molecule has 1 aliphatic rings. The van der Waals surface area contributed by atoms with Crippen LogP contribution in [0.2, 0.25) is 0 Å². The van der Waals surface area contributed by atoms with Crippen molar-refractivity contribution >= 4 is 5.91 Å². The van der Waals surface area contributed by atoms with Gasteiger partial charge in [0.25, 0.3) is 0 Å². The summed E-state index contributed by atoms with van der Waals surface area (Å²) in [6, 6.07) is 0. The van der Waals surface area contributed by atoms with Crippen molar-refractivity contribution in [1.29, 1.82) is 0 Å². The van der Waals surface area contributed by atoms with Crippen LogP contribution in [0.15, 0.2) is 0 Å². The van der Waals surface area contributed by atoms with E-state index < -0.39 is 5.54 Å². The largest absolute Gasteiger partial charge is 0.384 e. The SMILES string of the molecule is CCC1(C)NC(CC(C)C)N(CC(C)COC)C1=O. The highest BCUT2D eigenvalue weighted by atomic mass is 16.5. The lowest BCUT2D eigenvalue weighted by atomic mass is 9.99. The van der Waals surface area contributed by atoms with E-state index in [1.54, 1.807) is 7.11 Å². The lowest BCUT2D eigenvalue weighted by Gasteiger charge is -2.28. The van der Waals surface area contributed by atoms with Crippen LogP contribution in [0.3, 0.4) is 0 Å². The van der Waals surface area contributed by atoms with Crippen LogP contribution < -0.4 is 5.32 Å². The lowest BCUT2D eigenvalue weighted by molar-refractivity contribution is -0.133. The number of rotatable bonds is 7. The number of hydrogen-bond acceptors (Lipinski definition) is 3. The third kappa shape index (κ3) is 3.93. The number of nitrogens with zero attached hydrogens (tertiary/aromatic N) is 1. The van der Waals surface area contributed by atoms with Gasteiger partial charge in [-0.05, 0) is 31.6 Å². The van der Waals surface area contributed by atoms with Crippen molar-refractivity contribution in [1.82, 2.24) is 10.2 Å². The molecular formula is C15H30N2O2. The molecule has 0 radical (unpaired) electrons. The van der Waals surface area contributed by atoms with Crippen molar-refractivity contribution in [3.63, 3.8) is 0 Å². The van der Waals surface area contributed by atoms with Crippen molar-refractivity contribution < 1.29 is 9.53 Å². The van der Waals surface area contributed by atoms with Crippen LogP contribution in [0.1, 0.15) is 47.5 Å². The van der Waals surface area contributed by atoms with Gasteiger partial charge in [-0.2, -0.15) is 0 Å². The molecule has 1 N–H and O–H groups in total. The molecule has 1 saturated heterocycles. The molecule has 0 bridgehead atoms. The third-order valence-corrected chi connectivity index (χ3v) is 3.96. The van der Waals surface area contributed by atoms with Crippen molar-refractivity contribution in [3.05, 3.63) is 0 Å². The van der Waals surface area contributed by atoms with Crippen molar-refractivity contribution in [2.45, 2.75) is 59.2 Å². The third-order valence-electron chi connectivity index (χ3n) is 3.96. The Labute approximate surface area is 117 Å². The molecule has 0 aromatic heterocycles. The Morgan fingerprint density at radius 1 is 1.42 bits per heavy atom. The average molecular weight is 270 g/mol. The smallest absolute Gasteiger partial charge is 0.243 e. The Morgan fingerprint density at radius 3 is 2.53 bits per heavy atom. The summed E-state index contributed by atoms with van der Waals surface area (Å²) in [7, 11) is 1.71. The first-order chi connectivity index (χ1) is 8.84. The minimum absolute atomic E-state index is 0.164. The molecule has 19 heavy (non-hydrogen) atoms. The van der Waals surface area contributed by atoms with Gasteiger partial charge in [-0.1, -0.05) is 27.7 Å². The highest BCUT2D eigenvalue weighted by Crippen LogP contribution is 2.27. The maximum Gasteiger partial charge on any atom is 0.243 e. The minimum Gasteiger partial charge on any atom is -0.384 e. The van der Waals surface area contributed by atoms with Gasteiger partial charge in [0, 0.05) is 13.7 Å². The van der Waals surface area contributed by atoms with E-state index in [1.807, 2.05) is 11.8 Å². The fraction of sp³-hybridized carbons (Fsp3) is 0.933. The van der Waals surface area contributed by atoms with Gasteiger partial charge in [-0.25, -0.2) is 0 Å². The first kappa shape index (κ1) is 16.4. The van der Waals surface area contributed by atoms with Crippen molar-refractivity contribution in [3.8, 4) is 0 Å². The number of ether oxygens (including phenoxy) is 1. The molecule has 0 spiro atoms. The van der Waals surface area contributed by atoms with Crippen LogP contribution >= 0.6 is 0 Å². The second-order valence-electron chi connectivity index (χ2n) is 6.49. The minimum atomic E-state index is -0.396. The second-order valence-corrected chi connectivity index (χ2v) is 6.49. The Morgan fingerprint density at radius 2 is 2.05 bits per heavy atom. The summed E-state index contributed by atoms with van der Waals surface area (Å²) in [5, 5.41) is 3.53. The Balaban J connectivity index is 2.79.